The van der Waals surface area contributed by atoms with E-state index in [4.69, 9.17) is 35.3 Å². The molecular formula is C46H54ClNO14. The standard InChI is InChI=1S/C46H54ClNO14/c1-9-23(3)40(54)48-34(26-15-12-11-13-16-26)36(52)42(56)59-29-21-46(57)39(61-41(55)27-17-14-18-28(47)19-27)37-44(8,38(53)35(51)33(24(29)4)43(46,6)7)30(60-32(50)10-2)20-31-45(37,22-58-31)62-25(5)49/h9,11-19,24,29-31,33-34,36-37,39,52,57H,10,20-22H2,1-8H3,(H,48,54)/t24?,29-,30-,31+,33?,34-,36+,37?,39-,44+,45-,46+/m0/s1. The van der Waals surface area contributed by atoms with Crippen LogP contribution >= 0.6 is 11.6 Å². The lowest BCUT2D eigenvalue weighted by Gasteiger charge is -2.68. The summed E-state index contributed by atoms with van der Waals surface area (Å²) in [7, 11) is 0. The first kappa shape index (κ1) is 46.5. The van der Waals surface area contributed by atoms with Crippen molar-refractivity contribution < 1.29 is 67.5 Å². The Balaban J connectivity index is 1.53. The van der Waals surface area contributed by atoms with Crippen LogP contribution in [0.15, 0.2) is 66.2 Å². The first-order chi connectivity index (χ1) is 29.1. The van der Waals surface area contributed by atoms with Crippen molar-refractivity contribution in [2.45, 2.75) is 122 Å². The Morgan fingerprint density at radius 3 is 2.26 bits per heavy atom. The van der Waals surface area contributed by atoms with Crippen molar-refractivity contribution in [3.05, 3.63) is 82.4 Å². The molecule has 4 aliphatic rings. The molecule has 4 fully saturated rings. The van der Waals surface area contributed by atoms with Crippen LogP contribution < -0.4 is 5.32 Å². The van der Waals surface area contributed by atoms with E-state index in [-0.39, 0.29) is 30.0 Å². The number of hydrogen-bond acceptors (Lipinski definition) is 14. The second kappa shape index (κ2) is 17.3. The number of Topliss-reactive ketones (excluding diaryl/α,β-unsaturated/α-hetero) is 2. The number of amides is 1. The monoisotopic (exact) mass is 879 g/mol. The number of esters is 4. The van der Waals surface area contributed by atoms with Crippen LogP contribution in [0.25, 0.3) is 0 Å². The van der Waals surface area contributed by atoms with Crippen molar-refractivity contribution in [1.29, 1.82) is 0 Å². The summed E-state index contributed by atoms with van der Waals surface area (Å²) in [6.07, 6.45) is -7.05. The number of aliphatic hydroxyl groups is 2. The Bertz CT molecular complexity index is 2170. The van der Waals surface area contributed by atoms with Gasteiger partial charge in [-0.3, -0.25) is 24.0 Å². The number of ether oxygens (including phenoxy) is 5. The zero-order chi connectivity index (χ0) is 45.7. The molecule has 62 heavy (non-hydrogen) atoms. The minimum Gasteiger partial charge on any atom is -0.461 e. The molecule has 2 aromatic rings. The van der Waals surface area contributed by atoms with Gasteiger partial charge in [-0.2, -0.15) is 0 Å². The number of fused-ring (bicyclic) bond motifs is 5. The molecule has 0 radical (unpaired) electrons. The van der Waals surface area contributed by atoms with Crippen molar-refractivity contribution >= 4 is 53.0 Å². The molecule has 2 aromatic carbocycles. The average Bonchev–Trinajstić information content (AvgIpc) is 3.22. The van der Waals surface area contributed by atoms with Crippen molar-refractivity contribution in [3.8, 4) is 0 Å². The van der Waals surface area contributed by atoms with Crippen LogP contribution in [0.4, 0.5) is 0 Å². The number of hydrogen-bond donors (Lipinski definition) is 3. The Labute approximate surface area is 364 Å². The highest BCUT2D eigenvalue weighted by atomic mass is 35.5. The van der Waals surface area contributed by atoms with E-state index in [9.17, 15) is 34.2 Å². The molecule has 334 valence electrons. The van der Waals surface area contributed by atoms with Gasteiger partial charge in [0.2, 0.25) is 17.5 Å². The smallest absolute Gasteiger partial charge is 0.338 e. The summed E-state index contributed by atoms with van der Waals surface area (Å²) in [5.41, 5.74) is -7.38. The van der Waals surface area contributed by atoms with Gasteiger partial charge < -0.3 is 39.2 Å². The summed E-state index contributed by atoms with van der Waals surface area (Å²) >= 11 is 6.28. The second-order valence-electron chi connectivity index (χ2n) is 17.6. The van der Waals surface area contributed by atoms with Crippen molar-refractivity contribution in [1.82, 2.24) is 5.32 Å². The van der Waals surface area contributed by atoms with Crippen LogP contribution in [-0.4, -0.2) is 99.9 Å². The maximum atomic E-state index is 15.3. The SMILES string of the molecule is CC=C(C)C(=O)N[C@@H](c1ccccc1)[C@@H](O)C(=O)O[C@H]1C[C@@]2(O)[C@@H](OC(=O)c3cccc(Cl)c3)C3[C@](C)(C(=O)C(=O)C(C1C)C2(C)C)[C@@H](OC(=O)CC)C[C@H]1OC[C@@]31OC(C)=O. The van der Waals surface area contributed by atoms with Gasteiger partial charge >= 0.3 is 23.9 Å². The minimum atomic E-state index is -2.42. The van der Waals surface area contributed by atoms with Gasteiger partial charge in [0.1, 0.15) is 30.0 Å². The highest BCUT2D eigenvalue weighted by Gasteiger charge is 2.80. The van der Waals surface area contributed by atoms with Crippen LogP contribution in [0, 0.1) is 28.6 Å². The fourth-order valence-corrected chi connectivity index (χ4v) is 10.4. The van der Waals surface area contributed by atoms with E-state index in [0.29, 0.717) is 11.1 Å². The van der Waals surface area contributed by atoms with E-state index in [1.807, 2.05) is 0 Å². The third-order valence-corrected chi connectivity index (χ3v) is 14.1. The summed E-state index contributed by atoms with van der Waals surface area (Å²) in [6.45, 7) is 11.6. The quantitative estimate of drug-likeness (QED) is 0.122. The normalized spacial score (nSPS) is 33.4. The molecule has 1 amide bonds. The van der Waals surface area contributed by atoms with E-state index in [1.165, 1.54) is 45.0 Å². The van der Waals surface area contributed by atoms with Crippen molar-refractivity contribution in [3.63, 3.8) is 0 Å². The van der Waals surface area contributed by atoms with Crippen LogP contribution in [-0.2, 0) is 52.5 Å². The lowest BCUT2D eigenvalue weighted by molar-refractivity contribution is -0.350. The average molecular weight is 880 g/mol. The zero-order valence-electron chi connectivity index (χ0n) is 36.0. The van der Waals surface area contributed by atoms with E-state index >= 15 is 9.59 Å². The van der Waals surface area contributed by atoms with Crippen LogP contribution in [0.3, 0.4) is 0 Å². The van der Waals surface area contributed by atoms with E-state index in [2.05, 4.69) is 5.32 Å². The lowest BCUT2D eigenvalue weighted by Crippen LogP contribution is -2.83. The Morgan fingerprint density at radius 1 is 1.00 bits per heavy atom. The minimum absolute atomic E-state index is 0.0493. The molecule has 0 aromatic heterocycles. The molecule has 1 aliphatic heterocycles. The van der Waals surface area contributed by atoms with E-state index < -0.39 is 124 Å². The summed E-state index contributed by atoms with van der Waals surface area (Å²) in [4.78, 5) is 98.2. The maximum Gasteiger partial charge on any atom is 0.338 e. The number of benzene rings is 2. The molecule has 3 aliphatic carbocycles. The number of aliphatic hydroxyl groups excluding tert-OH is 1. The Kier molecular flexibility index (Phi) is 13.0. The summed E-state index contributed by atoms with van der Waals surface area (Å²) in [6, 6.07) is 12.7. The molecule has 3 saturated carbocycles. The molecule has 1 saturated heterocycles. The van der Waals surface area contributed by atoms with Gasteiger partial charge in [-0.25, -0.2) is 9.59 Å². The third kappa shape index (κ3) is 7.75. The molecule has 16 heteroatoms. The topological polar surface area (TPSA) is 218 Å². The number of nitrogens with one attached hydrogen (secondary N) is 1. The van der Waals surface area contributed by atoms with Crippen LogP contribution in [0.2, 0.25) is 5.02 Å². The highest BCUT2D eigenvalue weighted by Crippen LogP contribution is 2.65. The fourth-order valence-electron chi connectivity index (χ4n) is 10.3. The van der Waals surface area contributed by atoms with Gasteiger partial charge in [0.05, 0.1) is 29.5 Å². The molecule has 2 bridgehead atoms. The molecule has 3 N–H and O–H groups in total. The number of carbonyl (C=O) groups is 7. The summed E-state index contributed by atoms with van der Waals surface area (Å²) in [5.74, 6) is -10.5. The predicted octanol–water partition coefficient (Wildman–Crippen LogP) is 4.58. The second-order valence-corrected chi connectivity index (χ2v) is 18.1. The molecule has 12 atom stereocenters. The third-order valence-electron chi connectivity index (χ3n) is 13.9. The van der Waals surface area contributed by atoms with E-state index in [1.54, 1.807) is 64.1 Å². The summed E-state index contributed by atoms with van der Waals surface area (Å²) in [5, 5.41) is 28.2. The van der Waals surface area contributed by atoms with Crippen molar-refractivity contribution in [2.24, 2.45) is 28.6 Å². The maximum absolute atomic E-state index is 15.3. The Morgan fingerprint density at radius 2 is 1.68 bits per heavy atom. The number of halogens is 1. The van der Waals surface area contributed by atoms with Gasteiger partial charge in [-0.05, 0) is 44.5 Å². The van der Waals surface area contributed by atoms with Crippen LogP contribution in [0.1, 0.15) is 96.6 Å². The molecular weight excluding hydrogens is 826 g/mol. The molecule has 15 nitrogen and oxygen atoms in total. The van der Waals surface area contributed by atoms with Gasteiger partial charge in [-0.1, -0.05) is 81.8 Å². The predicted molar refractivity (Wildman–Crippen MR) is 220 cm³/mol. The fraction of sp³-hybridized carbons (Fsp3) is 0.543. The molecule has 0 spiro atoms. The number of carbonyl (C=O) groups excluding carboxylic acids is 7. The first-order valence-corrected chi connectivity index (χ1v) is 21.1. The first-order valence-electron chi connectivity index (χ1n) is 20.7. The Hall–Kier alpha value is -4.96. The lowest BCUT2D eigenvalue weighted by atomic mass is 9.42. The van der Waals surface area contributed by atoms with Gasteiger partial charge in [0.15, 0.2) is 11.7 Å². The molecule has 6 rings (SSSR count). The molecule has 3 unspecified atom stereocenters. The van der Waals surface area contributed by atoms with Gasteiger partial charge in [-0.15, -0.1) is 0 Å². The zero-order valence-corrected chi connectivity index (χ0v) is 36.7. The van der Waals surface area contributed by atoms with E-state index in [0.717, 1.165) is 6.92 Å². The highest BCUT2D eigenvalue weighted by molar-refractivity contribution is 6.40. The van der Waals surface area contributed by atoms with Crippen LogP contribution in [0.5, 0.6) is 0 Å². The number of rotatable bonds is 11. The van der Waals surface area contributed by atoms with Gasteiger partial charge in [0.25, 0.3) is 0 Å². The van der Waals surface area contributed by atoms with Crippen molar-refractivity contribution in [2.75, 3.05) is 6.61 Å². The van der Waals surface area contributed by atoms with Gasteiger partial charge in [0, 0.05) is 54.0 Å². The number of allylic oxidation sites excluding steroid dienone is 1. The largest absolute Gasteiger partial charge is 0.461 e. The molecule has 1 heterocycles. The summed E-state index contributed by atoms with van der Waals surface area (Å²) < 4.78 is 30.4. The number of ketones is 2.